The molecule has 7 nitrogen and oxygen atoms in total. The highest BCUT2D eigenvalue weighted by atomic mass is 127. The molecule has 0 radical (unpaired) electrons. The number of carboxylic acid groups (broad SMARTS) is 1. The maximum Gasteiger partial charge on any atom is 0.341 e. The molecular formula is C12H13IN2O5. The average molecular weight is 392 g/mol. The van der Waals surface area contributed by atoms with E-state index in [1.165, 1.54) is 20.2 Å². The van der Waals surface area contributed by atoms with Crippen LogP contribution in [-0.4, -0.2) is 36.9 Å². The van der Waals surface area contributed by atoms with E-state index in [4.69, 9.17) is 14.6 Å². The minimum atomic E-state index is -1.07. The molecule has 0 heterocycles. The third kappa shape index (κ3) is 5.03. The van der Waals surface area contributed by atoms with E-state index in [2.05, 4.69) is 10.5 Å². The lowest BCUT2D eigenvalue weighted by atomic mass is 10.2. The number of ether oxygens (including phenoxy) is 2. The number of benzene rings is 1. The van der Waals surface area contributed by atoms with Crippen molar-refractivity contribution in [2.45, 2.75) is 6.92 Å². The molecule has 0 fully saturated rings. The molecule has 0 aliphatic carbocycles. The number of carboxylic acids is 1. The molecule has 0 unspecified atom stereocenters. The summed E-state index contributed by atoms with van der Waals surface area (Å²) in [7, 11) is 1.45. The van der Waals surface area contributed by atoms with Crippen LogP contribution in [0.5, 0.6) is 11.5 Å². The fourth-order valence-corrected chi connectivity index (χ4v) is 2.07. The number of rotatable bonds is 6. The van der Waals surface area contributed by atoms with Crippen molar-refractivity contribution >= 4 is 40.7 Å². The molecule has 0 saturated heterocycles. The molecular weight excluding hydrogens is 379 g/mol. The minimum Gasteiger partial charge on any atom is -0.493 e. The summed E-state index contributed by atoms with van der Waals surface area (Å²) >= 11 is 2.00. The third-order valence-corrected chi connectivity index (χ3v) is 2.83. The number of hydrogen-bond donors (Lipinski definition) is 2. The largest absolute Gasteiger partial charge is 0.493 e. The summed E-state index contributed by atoms with van der Waals surface area (Å²) in [5.41, 5.74) is 2.97. The molecule has 8 heteroatoms. The van der Waals surface area contributed by atoms with Gasteiger partial charge in [0.2, 0.25) is 5.91 Å². The van der Waals surface area contributed by atoms with Crippen molar-refractivity contribution in [2.24, 2.45) is 5.10 Å². The Hall–Kier alpha value is -1.84. The van der Waals surface area contributed by atoms with Crippen molar-refractivity contribution in [3.8, 4) is 11.5 Å². The van der Waals surface area contributed by atoms with Crippen molar-refractivity contribution in [1.29, 1.82) is 0 Å². The number of hydrazone groups is 1. The van der Waals surface area contributed by atoms with Crippen LogP contribution in [0.2, 0.25) is 0 Å². The van der Waals surface area contributed by atoms with Crippen molar-refractivity contribution in [2.75, 3.05) is 13.7 Å². The van der Waals surface area contributed by atoms with Crippen molar-refractivity contribution in [1.82, 2.24) is 5.43 Å². The van der Waals surface area contributed by atoms with Crippen LogP contribution in [0.25, 0.3) is 0 Å². The summed E-state index contributed by atoms with van der Waals surface area (Å²) < 4.78 is 11.0. The SMILES string of the molecule is COc1cc(/C=N\NC(C)=O)cc(I)c1OCC(=O)O. The van der Waals surface area contributed by atoms with E-state index in [1.54, 1.807) is 12.1 Å². The van der Waals surface area contributed by atoms with Gasteiger partial charge in [-0.2, -0.15) is 5.10 Å². The van der Waals surface area contributed by atoms with E-state index in [-0.39, 0.29) is 5.91 Å². The topological polar surface area (TPSA) is 97.2 Å². The highest BCUT2D eigenvalue weighted by molar-refractivity contribution is 14.1. The fraction of sp³-hybridized carbons (Fsp3) is 0.250. The van der Waals surface area contributed by atoms with Gasteiger partial charge in [-0.1, -0.05) is 0 Å². The van der Waals surface area contributed by atoms with Gasteiger partial charge in [-0.05, 0) is 40.3 Å². The Kier molecular flexibility index (Phi) is 6.22. The smallest absolute Gasteiger partial charge is 0.341 e. The molecule has 108 valence electrons. The number of aliphatic carboxylic acids is 1. The summed E-state index contributed by atoms with van der Waals surface area (Å²) in [4.78, 5) is 21.2. The van der Waals surface area contributed by atoms with Crippen LogP contribution in [-0.2, 0) is 9.59 Å². The minimum absolute atomic E-state index is 0.274. The highest BCUT2D eigenvalue weighted by Crippen LogP contribution is 2.33. The number of amides is 1. The number of halogens is 1. The Balaban J connectivity index is 2.97. The predicted octanol–water partition coefficient (Wildman–Crippen LogP) is 1.23. The van der Waals surface area contributed by atoms with Crippen molar-refractivity contribution < 1.29 is 24.2 Å². The number of nitrogens with zero attached hydrogens (tertiary/aromatic N) is 1. The summed E-state index contributed by atoms with van der Waals surface area (Å²) in [5.74, 6) is -0.599. The number of methoxy groups -OCH3 is 1. The van der Waals surface area contributed by atoms with Gasteiger partial charge >= 0.3 is 5.97 Å². The number of carbonyl (C=O) groups excluding carboxylic acids is 1. The van der Waals surface area contributed by atoms with Crippen molar-refractivity contribution in [3.05, 3.63) is 21.3 Å². The van der Waals surface area contributed by atoms with E-state index < -0.39 is 12.6 Å². The summed E-state index contributed by atoms with van der Waals surface area (Å²) in [5, 5.41) is 12.4. The second kappa shape index (κ2) is 7.68. The summed E-state index contributed by atoms with van der Waals surface area (Å²) in [6.45, 7) is 0.899. The third-order valence-electron chi connectivity index (χ3n) is 2.03. The Morgan fingerprint density at radius 3 is 2.75 bits per heavy atom. The predicted molar refractivity (Wildman–Crippen MR) is 80.3 cm³/mol. The molecule has 0 bridgehead atoms. The summed E-state index contributed by atoms with van der Waals surface area (Å²) in [6.07, 6.45) is 1.45. The average Bonchev–Trinajstić information content (AvgIpc) is 2.36. The number of hydrogen-bond acceptors (Lipinski definition) is 5. The fourth-order valence-electron chi connectivity index (χ4n) is 1.29. The Morgan fingerprint density at radius 2 is 2.20 bits per heavy atom. The lowest BCUT2D eigenvalue weighted by Gasteiger charge is -2.12. The maximum absolute atomic E-state index is 10.7. The normalized spacial score (nSPS) is 10.3. The molecule has 0 aliphatic heterocycles. The van der Waals surface area contributed by atoms with Gasteiger partial charge in [-0.3, -0.25) is 4.79 Å². The molecule has 1 amide bonds. The van der Waals surface area contributed by atoms with Gasteiger partial charge in [0.1, 0.15) is 0 Å². The molecule has 0 saturated carbocycles. The first-order chi connectivity index (χ1) is 9.43. The molecule has 1 rings (SSSR count). The quantitative estimate of drug-likeness (QED) is 0.431. The Morgan fingerprint density at radius 1 is 1.50 bits per heavy atom. The van der Waals surface area contributed by atoms with Crippen LogP contribution in [0.3, 0.4) is 0 Å². The number of carbonyl (C=O) groups is 2. The second-order valence-electron chi connectivity index (χ2n) is 3.64. The van der Waals surface area contributed by atoms with Crippen LogP contribution in [0.1, 0.15) is 12.5 Å². The molecule has 1 aromatic carbocycles. The van der Waals surface area contributed by atoms with Crippen LogP contribution in [0.4, 0.5) is 0 Å². The van der Waals surface area contributed by atoms with Gasteiger partial charge in [-0.15, -0.1) is 0 Å². The van der Waals surface area contributed by atoms with E-state index in [0.717, 1.165) is 0 Å². The lowest BCUT2D eigenvalue weighted by molar-refractivity contribution is -0.139. The lowest BCUT2D eigenvalue weighted by Crippen LogP contribution is -2.12. The molecule has 0 aliphatic rings. The summed E-state index contributed by atoms with van der Waals surface area (Å²) in [6, 6.07) is 3.36. The molecule has 0 aromatic heterocycles. The second-order valence-corrected chi connectivity index (χ2v) is 4.80. The van der Waals surface area contributed by atoms with Gasteiger partial charge in [0.15, 0.2) is 18.1 Å². The molecule has 0 spiro atoms. The Bertz CT molecular complexity index is 545. The molecule has 1 aromatic rings. The highest BCUT2D eigenvalue weighted by Gasteiger charge is 2.12. The zero-order chi connectivity index (χ0) is 15.1. The molecule has 2 N–H and O–H groups in total. The first-order valence-electron chi connectivity index (χ1n) is 5.45. The molecule has 0 atom stereocenters. The number of nitrogens with one attached hydrogen (secondary N) is 1. The van der Waals surface area contributed by atoms with Gasteiger partial charge in [-0.25, -0.2) is 10.2 Å². The maximum atomic E-state index is 10.7. The first-order valence-corrected chi connectivity index (χ1v) is 6.53. The zero-order valence-electron chi connectivity index (χ0n) is 10.8. The Labute approximate surface area is 129 Å². The van der Waals surface area contributed by atoms with E-state index >= 15 is 0 Å². The van der Waals surface area contributed by atoms with Crippen molar-refractivity contribution in [3.63, 3.8) is 0 Å². The molecule has 20 heavy (non-hydrogen) atoms. The van der Waals surface area contributed by atoms with Crippen LogP contribution < -0.4 is 14.9 Å². The van der Waals surface area contributed by atoms with Gasteiger partial charge in [0.25, 0.3) is 0 Å². The van der Waals surface area contributed by atoms with Crippen LogP contribution in [0, 0.1) is 3.57 Å². The van der Waals surface area contributed by atoms with E-state index in [9.17, 15) is 9.59 Å². The first kappa shape index (κ1) is 16.2. The van der Waals surface area contributed by atoms with Gasteiger partial charge in [0.05, 0.1) is 16.9 Å². The van der Waals surface area contributed by atoms with Crippen LogP contribution in [0.15, 0.2) is 17.2 Å². The van der Waals surface area contributed by atoms with E-state index in [1.807, 2.05) is 22.6 Å². The zero-order valence-corrected chi connectivity index (χ0v) is 13.0. The van der Waals surface area contributed by atoms with E-state index in [0.29, 0.717) is 20.6 Å². The standard InChI is InChI=1S/C12H13IN2O5/c1-7(16)15-14-5-8-3-9(13)12(10(4-8)19-2)20-6-11(17)18/h3-5H,6H2,1-2H3,(H,15,16)(H,17,18)/b14-5-. The van der Waals surface area contributed by atoms with Gasteiger partial charge in [0, 0.05) is 6.92 Å². The van der Waals surface area contributed by atoms with Gasteiger partial charge < -0.3 is 14.6 Å². The monoisotopic (exact) mass is 392 g/mol. The van der Waals surface area contributed by atoms with Crippen LogP contribution >= 0.6 is 22.6 Å².